The van der Waals surface area contributed by atoms with Crippen molar-refractivity contribution in [2.24, 2.45) is 5.92 Å². The molecule has 1 unspecified atom stereocenters. The molecule has 0 heterocycles. The van der Waals surface area contributed by atoms with E-state index in [1.807, 2.05) is 74.5 Å². The lowest BCUT2D eigenvalue weighted by atomic mass is 10.0. The van der Waals surface area contributed by atoms with E-state index in [1.165, 1.54) is 0 Å². The Bertz CT molecular complexity index is 935. The standard InChI is InChI=1S/C23H24N2O2/c1-16(2)14-21(25-22(26)18-9-4-3-5-10-18)23(27)24-20-13-12-17-8-6-7-11-19(17)15-20/h3-13,15-16,21H,14H2,1-2H3,(H,24,27)(H,25,26). The Kier molecular flexibility index (Phi) is 5.87. The SMILES string of the molecule is CC(C)CC(NC(=O)c1ccccc1)C(=O)Nc1ccc2ccccc2c1. The summed E-state index contributed by atoms with van der Waals surface area (Å²) in [6.45, 7) is 4.07. The Hall–Kier alpha value is -3.14. The summed E-state index contributed by atoms with van der Waals surface area (Å²) in [6, 6.07) is 22.1. The molecule has 0 saturated carbocycles. The van der Waals surface area contributed by atoms with Crippen LogP contribution in [-0.4, -0.2) is 17.9 Å². The predicted octanol–water partition coefficient (Wildman–Crippen LogP) is 4.62. The summed E-state index contributed by atoms with van der Waals surface area (Å²) in [4.78, 5) is 25.3. The second kappa shape index (κ2) is 8.49. The van der Waals surface area contributed by atoms with Crippen LogP contribution in [0.3, 0.4) is 0 Å². The zero-order valence-electron chi connectivity index (χ0n) is 15.6. The summed E-state index contributed by atoms with van der Waals surface area (Å²) in [5.74, 6) is -0.174. The maximum Gasteiger partial charge on any atom is 0.251 e. The number of hydrogen-bond acceptors (Lipinski definition) is 2. The zero-order valence-corrected chi connectivity index (χ0v) is 15.6. The van der Waals surface area contributed by atoms with Crippen molar-refractivity contribution in [1.29, 1.82) is 0 Å². The highest BCUT2D eigenvalue weighted by atomic mass is 16.2. The summed E-state index contributed by atoms with van der Waals surface area (Å²) in [5.41, 5.74) is 1.27. The predicted molar refractivity (Wildman–Crippen MR) is 110 cm³/mol. The van der Waals surface area contributed by atoms with Gasteiger partial charge in [0, 0.05) is 11.3 Å². The normalized spacial score (nSPS) is 12.0. The van der Waals surface area contributed by atoms with Crippen LogP contribution in [-0.2, 0) is 4.79 Å². The lowest BCUT2D eigenvalue weighted by Gasteiger charge is -2.20. The van der Waals surface area contributed by atoms with Crippen molar-refractivity contribution < 1.29 is 9.59 Å². The average molecular weight is 360 g/mol. The Labute approximate surface area is 159 Å². The molecule has 3 aromatic rings. The van der Waals surface area contributed by atoms with Gasteiger partial charge in [0.25, 0.3) is 5.91 Å². The van der Waals surface area contributed by atoms with E-state index in [2.05, 4.69) is 10.6 Å². The van der Waals surface area contributed by atoms with E-state index in [0.29, 0.717) is 12.0 Å². The number of rotatable bonds is 6. The van der Waals surface area contributed by atoms with E-state index in [1.54, 1.807) is 12.1 Å². The number of benzene rings is 3. The monoisotopic (exact) mass is 360 g/mol. The summed E-state index contributed by atoms with van der Waals surface area (Å²) >= 11 is 0. The molecular formula is C23H24N2O2. The van der Waals surface area contributed by atoms with Crippen LogP contribution in [0.15, 0.2) is 72.8 Å². The van der Waals surface area contributed by atoms with Gasteiger partial charge in [-0.05, 0) is 47.4 Å². The van der Waals surface area contributed by atoms with Gasteiger partial charge >= 0.3 is 0 Å². The molecule has 2 N–H and O–H groups in total. The first-order valence-electron chi connectivity index (χ1n) is 9.18. The van der Waals surface area contributed by atoms with Crippen LogP contribution in [0.4, 0.5) is 5.69 Å². The molecule has 138 valence electrons. The van der Waals surface area contributed by atoms with Crippen molar-refractivity contribution >= 4 is 28.3 Å². The van der Waals surface area contributed by atoms with Gasteiger partial charge < -0.3 is 10.6 Å². The summed E-state index contributed by atoms with van der Waals surface area (Å²) in [7, 11) is 0. The minimum atomic E-state index is -0.593. The fraction of sp³-hybridized carbons (Fsp3) is 0.217. The Morgan fingerprint density at radius 2 is 1.52 bits per heavy atom. The number of anilines is 1. The second-order valence-corrected chi connectivity index (χ2v) is 7.07. The Balaban J connectivity index is 1.75. The van der Waals surface area contributed by atoms with Crippen molar-refractivity contribution in [3.05, 3.63) is 78.4 Å². The third kappa shape index (κ3) is 4.94. The first-order chi connectivity index (χ1) is 13.0. The van der Waals surface area contributed by atoms with E-state index < -0.39 is 6.04 Å². The van der Waals surface area contributed by atoms with Crippen LogP contribution in [0.2, 0.25) is 0 Å². The summed E-state index contributed by atoms with van der Waals surface area (Å²) in [6.07, 6.45) is 0.567. The van der Waals surface area contributed by atoms with Crippen molar-refractivity contribution in [2.75, 3.05) is 5.32 Å². The highest BCUT2D eigenvalue weighted by molar-refractivity contribution is 6.02. The number of hydrogen-bond donors (Lipinski definition) is 2. The number of carbonyl (C=O) groups excluding carboxylic acids is 2. The van der Waals surface area contributed by atoms with Gasteiger partial charge in [0.05, 0.1) is 0 Å². The first-order valence-corrected chi connectivity index (χ1v) is 9.18. The van der Waals surface area contributed by atoms with Crippen LogP contribution in [0.25, 0.3) is 10.8 Å². The van der Waals surface area contributed by atoms with Gasteiger partial charge in [0.2, 0.25) is 5.91 Å². The minimum absolute atomic E-state index is 0.205. The molecule has 0 fully saturated rings. The fourth-order valence-corrected chi connectivity index (χ4v) is 3.03. The zero-order chi connectivity index (χ0) is 19.2. The van der Waals surface area contributed by atoms with E-state index >= 15 is 0 Å². The summed E-state index contributed by atoms with van der Waals surface area (Å²) < 4.78 is 0. The van der Waals surface area contributed by atoms with Crippen molar-refractivity contribution in [3.63, 3.8) is 0 Å². The molecule has 0 aliphatic carbocycles. The molecule has 0 bridgehead atoms. The van der Waals surface area contributed by atoms with Crippen molar-refractivity contribution in [2.45, 2.75) is 26.3 Å². The molecule has 0 spiro atoms. The number of nitrogens with one attached hydrogen (secondary N) is 2. The lowest BCUT2D eigenvalue weighted by molar-refractivity contribution is -0.118. The van der Waals surface area contributed by atoms with Gasteiger partial charge in [-0.15, -0.1) is 0 Å². The smallest absolute Gasteiger partial charge is 0.251 e. The fourth-order valence-electron chi connectivity index (χ4n) is 3.03. The quantitative estimate of drug-likeness (QED) is 0.674. The van der Waals surface area contributed by atoms with Crippen LogP contribution in [0, 0.1) is 5.92 Å². The topological polar surface area (TPSA) is 58.2 Å². The number of fused-ring (bicyclic) bond motifs is 1. The molecule has 2 amide bonds. The Morgan fingerprint density at radius 3 is 2.22 bits per heavy atom. The van der Waals surface area contributed by atoms with Gasteiger partial charge in [-0.25, -0.2) is 0 Å². The van der Waals surface area contributed by atoms with Crippen LogP contribution < -0.4 is 10.6 Å². The van der Waals surface area contributed by atoms with E-state index in [0.717, 1.165) is 16.5 Å². The molecule has 4 nitrogen and oxygen atoms in total. The highest BCUT2D eigenvalue weighted by Crippen LogP contribution is 2.19. The van der Waals surface area contributed by atoms with Crippen LogP contribution >= 0.6 is 0 Å². The molecule has 0 saturated heterocycles. The van der Waals surface area contributed by atoms with Gasteiger partial charge in [0.15, 0.2) is 0 Å². The number of amides is 2. The third-order valence-corrected chi connectivity index (χ3v) is 4.38. The highest BCUT2D eigenvalue weighted by Gasteiger charge is 2.22. The molecule has 0 radical (unpaired) electrons. The van der Waals surface area contributed by atoms with Gasteiger partial charge in [0.1, 0.15) is 6.04 Å². The van der Waals surface area contributed by atoms with Crippen molar-refractivity contribution in [1.82, 2.24) is 5.32 Å². The molecule has 0 aromatic heterocycles. The van der Waals surface area contributed by atoms with E-state index in [9.17, 15) is 9.59 Å². The number of carbonyl (C=O) groups is 2. The van der Waals surface area contributed by atoms with Gasteiger partial charge in [-0.2, -0.15) is 0 Å². The summed E-state index contributed by atoms with van der Waals surface area (Å²) in [5, 5.41) is 7.99. The maximum absolute atomic E-state index is 12.8. The van der Waals surface area contributed by atoms with Crippen LogP contribution in [0.5, 0.6) is 0 Å². The largest absolute Gasteiger partial charge is 0.340 e. The molecule has 0 aliphatic rings. The molecular weight excluding hydrogens is 336 g/mol. The molecule has 27 heavy (non-hydrogen) atoms. The van der Waals surface area contributed by atoms with E-state index in [4.69, 9.17) is 0 Å². The lowest BCUT2D eigenvalue weighted by Crippen LogP contribution is -2.44. The second-order valence-electron chi connectivity index (χ2n) is 7.07. The van der Waals surface area contributed by atoms with Gasteiger partial charge in [-0.1, -0.05) is 62.4 Å². The molecule has 0 aliphatic heterocycles. The molecule has 1 atom stereocenters. The molecule has 3 aromatic carbocycles. The average Bonchev–Trinajstić information content (AvgIpc) is 2.67. The first kappa shape index (κ1) is 18.6. The van der Waals surface area contributed by atoms with E-state index in [-0.39, 0.29) is 17.7 Å². The maximum atomic E-state index is 12.8. The van der Waals surface area contributed by atoms with Crippen molar-refractivity contribution in [3.8, 4) is 0 Å². The van der Waals surface area contributed by atoms with Crippen LogP contribution in [0.1, 0.15) is 30.6 Å². The minimum Gasteiger partial charge on any atom is -0.340 e. The molecule has 4 heteroatoms. The Morgan fingerprint density at radius 1 is 0.852 bits per heavy atom. The third-order valence-electron chi connectivity index (χ3n) is 4.38. The molecule has 3 rings (SSSR count). The van der Waals surface area contributed by atoms with Gasteiger partial charge in [-0.3, -0.25) is 9.59 Å².